The fourth-order valence-corrected chi connectivity index (χ4v) is 3.11. The molecule has 116 valence electrons. The number of ether oxygens (including phenoxy) is 2. The molecule has 2 aliphatic heterocycles. The summed E-state index contributed by atoms with van der Waals surface area (Å²) in [6.07, 6.45) is 1.10. The van der Waals surface area contributed by atoms with E-state index in [-0.39, 0.29) is 19.0 Å². The highest BCUT2D eigenvalue weighted by atomic mass is 35.5. The monoisotopic (exact) mass is 327 g/mol. The van der Waals surface area contributed by atoms with Crippen LogP contribution in [0.2, 0.25) is 5.02 Å². The highest BCUT2D eigenvalue weighted by Crippen LogP contribution is 2.36. The third kappa shape index (κ3) is 2.70. The SMILES string of the molecule is O=C(CC1=NCCc2cc3c(cc21)OCO3)c1cccc(Cl)c1. The molecule has 5 heteroatoms. The second kappa shape index (κ2) is 5.70. The molecule has 0 radical (unpaired) electrons. The van der Waals surface area contributed by atoms with Crippen molar-refractivity contribution in [2.45, 2.75) is 12.8 Å². The normalized spacial score (nSPS) is 15.1. The molecule has 2 aromatic carbocycles. The summed E-state index contributed by atoms with van der Waals surface area (Å²) in [4.78, 5) is 17.1. The Bertz CT molecular complexity index is 829. The van der Waals surface area contributed by atoms with Gasteiger partial charge in [0, 0.05) is 22.7 Å². The van der Waals surface area contributed by atoms with Crippen molar-refractivity contribution in [3.63, 3.8) is 0 Å². The van der Waals surface area contributed by atoms with Gasteiger partial charge in [-0.1, -0.05) is 23.7 Å². The second-order valence-electron chi connectivity index (χ2n) is 5.55. The second-order valence-corrected chi connectivity index (χ2v) is 5.99. The smallest absolute Gasteiger partial charge is 0.231 e. The van der Waals surface area contributed by atoms with Crippen LogP contribution in [0.25, 0.3) is 0 Å². The van der Waals surface area contributed by atoms with Gasteiger partial charge in [-0.3, -0.25) is 9.79 Å². The average molecular weight is 328 g/mol. The van der Waals surface area contributed by atoms with Crippen LogP contribution >= 0.6 is 11.6 Å². The van der Waals surface area contributed by atoms with Gasteiger partial charge in [0.15, 0.2) is 17.3 Å². The molecule has 4 rings (SSSR count). The first-order chi connectivity index (χ1) is 11.2. The van der Waals surface area contributed by atoms with Crippen LogP contribution in [-0.2, 0) is 6.42 Å². The molecule has 0 bridgehead atoms. The maximum atomic E-state index is 12.5. The lowest BCUT2D eigenvalue weighted by molar-refractivity contribution is 0.100. The number of halogens is 1. The van der Waals surface area contributed by atoms with Crippen molar-refractivity contribution in [3.05, 3.63) is 58.1 Å². The number of Topliss-reactive ketones (excluding diaryl/α,β-unsaturated/α-hetero) is 1. The number of rotatable bonds is 3. The lowest BCUT2D eigenvalue weighted by Crippen LogP contribution is -2.17. The zero-order valence-electron chi connectivity index (χ0n) is 12.3. The molecule has 0 N–H and O–H groups in total. The molecule has 0 saturated heterocycles. The Kier molecular flexibility index (Phi) is 3.54. The van der Waals surface area contributed by atoms with E-state index in [0.717, 1.165) is 29.0 Å². The van der Waals surface area contributed by atoms with E-state index in [0.29, 0.717) is 22.9 Å². The van der Waals surface area contributed by atoms with Crippen LogP contribution in [0.15, 0.2) is 41.4 Å². The summed E-state index contributed by atoms with van der Waals surface area (Å²) in [5, 5.41) is 0.560. The van der Waals surface area contributed by atoms with Gasteiger partial charge in [0.05, 0.1) is 12.1 Å². The molecule has 0 amide bonds. The molecule has 2 heterocycles. The minimum Gasteiger partial charge on any atom is -0.454 e. The van der Waals surface area contributed by atoms with E-state index in [2.05, 4.69) is 4.99 Å². The van der Waals surface area contributed by atoms with E-state index < -0.39 is 0 Å². The van der Waals surface area contributed by atoms with Gasteiger partial charge < -0.3 is 9.47 Å². The molecule has 0 unspecified atom stereocenters. The van der Waals surface area contributed by atoms with Gasteiger partial charge in [0.2, 0.25) is 6.79 Å². The molecule has 23 heavy (non-hydrogen) atoms. The maximum Gasteiger partial charge on any atom is 0.231 e. The van der Waals surface area contributed by atoms with Crippen molar-refractivity contribution in [2.75, 3.05) is 13.3 Å². The predicted octanol–water partition coefficient (Wildman–Crippen LogP) is 3.69. The van der Waals surface area contributed by atoms with Crippen molar-refractivity contribution < 1.29 is 14.3 Å². The van der Waals surface area contributed by atoms with Crippen molar-refractivity contribution >= 4 is 23.1 Å². The first kappa shape index (κ1) is 14.3. The molecule has 0 fully saturated rings. The number of nitrogens with zero attached hydrogens (tertiary/aromatic N) is 1. The zero-order valence-corrected chi connectivity index (χ0v) is 13.1. The number of ketones is 1. The lowest BCUT2D eigenvalue weighted by Gasteiger charge is -2.17. The predicted molar refractivity (Wildman–Crippen MR) is 88.1 cm³/mol. The fraction of sp³-hybridized carbons (Fsp3) is 0.222. The van der Waals surface area contributed by atoms with Gasteiger partial charge in [-0.25, -0.2) is 0 Å². The molecule has 0 aliphatic carbocycles. The van der Waals surface area contributed by atoms with E-state index in [9.17, 15) is 4.79 Å². The minimum atomic E-state index is 0.0109. The Morgan fingerprint density at radius 3 is 2.83 bits per heavy atom. The quantitative estimate of drug-likeness (QED) is 0.808. The molecule has 2 aromatic rings. The summed E-state index contributed by atoms with van der Waals surface area (Å²) in [6, 6.07) is 10.9. The summed E-state index contributed by atoms with van der Waals surface area (Å²) in [7, 11) is 0. The van der Waals surface area contributed by atoms with Crippen LogP contribution in [0.3, 0.4) is 0 Å². The number of benzene rings is 2. The average Bonchev–Trinajstić information content (AvgIpc) is 3.00. The highest BCUT2D eigenvalue weighted by Gasteiger charge is 2.23. The van der Waals surface area contributed by atoms with Crippen LogP contribution in [0.5, 0.6) is 11.5 Å². The standard InChI is InChI=1S/C18H14ClNO3/c19-13-3-1-2-12(6-13)16(21)9-15-14-8-18-17(22-10-23-18)7-11(14)4-5-20-15/h1-3,6-8H,4-5,9-10H2. The molecular formula is C18H14ClNO3. The zero-order chi connectivity index (χ0) is 15.8. The molecule has 0 aromatic heterocycles. The number of aliphatic imine (C=N–C) groups is 1. The van der Waals surface area contributed by atoms with Crippen LogP contribution in [0.4, 0.5) is 0 Å². The summed E-state index contributed by atoms with van der Waals surface area (Å²) in [5.41, 5.74) is 3.54. The number of hydrogen-bond donors (Lipinski definition) is 0. The maximum absolute atomic E-state index is 12.5. The van der Waals surface area contributed by atoms with E-state index in [1.165, 1.54) is 0 Å². The van der Waals surface area contributed by atoms with Crippen LogP contribution in [0, 0.1) is 0 Å². The molecule has 4 nitrogen and oxygen atoms in total. The number of carbonyl (C=O) groups excluding carboxylic acids is 1. The number of carbonyl (C=O) groups is 1. The van der Waals surface area contributed by atoms with Gasteiger partial charge in [-0.2, -0.15) is 0 Å². The summed E-state index contributed by atoms with van der Waals surface area (Å²) >= 11 is 5.96. The Morgan fingerprint density at radius 1 is 1.17 bits per heavy atom. The van der Waals surface area contributed by atoms with Crippen molar-refractivity contribution in [3.8, 4) is 11.5 Å². The van der Waals surface area contributed by atoms with E-state index in [4.69, 9.17) is 21.1 Å². The van der Waals surface area contributed by atoms with E-state index in [1.54, 1.807) is 24.3 Å². The van der Waals surface area contributed by atoms with Crippen molar-refractivity contribution in [1.82, 2.24) is 0 Å². The van der Waals surface area contributed by atoms with E-state index in [1.807, 2.05) is 12.1 Å². The summed E-state index contributed by atoms with van der Waals surface area (Å²) < 4.78 is 10.9. The van der Waals surface area contributed by atoms with Crippen LogP contribution in [-0.4, -0.2) is 24.8 Å². The highest BCUT2D eigenvalue weighted by molar-refractivity contribution is 6.31. The summed E-state index contributed by atoms with van der Waals surface area (Å²) in [6.45, 7) is 0.928. The van der Waals surface area contributed by atoms with Gasteiger partial charge in [0.1, 0.15) is 0 Å². The number of fused-ring (bicyclic) bond motifs is 2. The first-order valence-corrected chi connectivity index (χ1v) is 7.83. The Hall–Kier alpha value is -2.33. The third-order valence-electron chi connectivity index (χ3n) is 4.07. The Labute approximate surface area is 138 Å². The number of hydrogen-bond acceptors (Lipinski definition) is 4. The van der Waals surface area contributed by atoms with Crippen molar-refractivity contribution in [1.29, 1.82) is 0 Å². The van der Waals surface area contributed by atoms with Gasteiger partial charge in [0.25, 0.3) is 0 Å². The fourth-order valence-electron chi connectivity index (χ4n) is 2.92. The lowest BCUT2D eigenvalue weighted by atomic mass is 9.93. The molecule has 0 atom stereocenters. The van der Waals surface area contributed by atoms with E-state index >= 15 is 0 Å². The summed E-state index contributed by atoms with van der Waals surface area (Å²) in [5.74, 6) is 1.50. The minimum absolute atomic E-state index is 0.0109. The van der Waals surface area contributed by atoms with Gasteiger partial charge in [-0.05, 0) is 36.2 Å². The Morgan fingerprint density at radius 2 is 2.00 bits per heavy atom. The molecule has 0 saturated carbocycles. The molecular weight excluding hydrogens is 314 g/mol. The van der Waals surface area contributed by atoms with Crippen molar-refractivity contribution in [2.24, 2.45) is 4.99 Å². The topological polar surface area (TPSA) is 47.9 Å². The molecule has 2 aliphatic rings. The molecule has 0 spiro atoms. The van der Waals surface area contributed by atoms with Crippen LogP contribution in [0.1, 0.15) is 27.9 Å². The van der Waals surface area contributed by atoms with Gasteiger partial charge in [-0.15, -0.1) is 0 Å². The third-order valence-corrected chi connectivity index (χ3v) is 4.30. The van der Waals surface area contributed by atoms with Crippen LogP contribution < -0.4 is 9.47 Å². The first-order valence-electron chi connectivity index (χ1n) is 7.46. The largest absolute Gasteiger partial charge is 0.454 e. The Balaban J connectivity index is 1.64. The van der Waals surface area contributed by atoms with Gasteiger partial charge >= 0.3 is 0 Å².